The summed E-state index contributed by atoms with van der Waals surface area (Å²) in [6.45, 7) is 4.41. The Morgan fingerprint density at radius 2 is 0.651 bits per heavy atom. The Morgan fingerprint density at radius 3 is 0.988 bits per heavy atom. The van der Waals surface area contributed by atoms with E-state index in [9.17, 15) is 19.5 Å². The molecule has 0 fully saturated rings. The monoisotopic (exact) mass is 1140 g/mol. The lowest BCUT2D eigenvalue weighted by Gasteiger charge is -2.26. The van der Waals surface area contributed by atoms with Crippen molar-refractivity contribution in [2.24, 2.45) is 0 Å². The lowest BCUT2D eigenvalue weighted by molar-refractivity contribution is -0.870. The number of ether oxygens (including phenoxy) is 4. The molecule has 83 heavy (non-hydrogen) atoms. The Hall–Kier alpha value is -5.87. The van der Waals surface area contributed by atoms with Crippen molar-refractivity contribution in [2.75, 3.05) is 47.5 Å². The van der Waals surface area contributed by atoms with Gasteiger partial charge in [-0.25, -0.2) is 0 Å². The van der Waals surface area contributed by atoms with Crippen LogP contribution < -0.4 is 5.11 Å². The molecule has 9 nitrogen and oxygen atoms in total. The van der Waals surface area contributed by atoms with E-state index in [0.29, 0.717) is 23.9 Å². The maximum atomic E-state index is 12.9. The number of unbranched alkanes of at least 4 members (excludes halogenated alkanes) is 8. The molecule has 0 saturated heterocycles. The maximum absolute atomic E-state index is 12.9. The molecule has 0 radical (unpaired) electrons. The van der Waals surface area contributed by atoms with Gasteiger partial charge >= 0.3 is 11.9 Å². The van der Waals surface area contributed by atoms with Gasteiger partial charge in [0.25, 0.3) is 0 Å². The number of quaternary nitrogens is 1. The van der Waals surface area contributed by atoms with Crippen molar-refractivity contribution in [3.8, 4) is 0 Å². The summed E-state index contributed by atoms with van der Waals surface area (Å²) in [5.41, 5.74) is 0. The SMILES string of the molecule is CC/C=C\C/C=C\C/C=C\C/C=C\C/C=C\C/C=C\C/C=C\C/C=C\C/C=C\C/C=C\CCCCC(=O)OC(COC(=O)CCCCCCCC/C=C\C/C=C\C/C=C\C/C=C\C/C=C\C/C=C\CC)COC(OCC[N+](C)(C)C)C(=O)[O-]. The number of nitrogens with zero attached hydrogens (tertiary/aromatic N) is 1. The number of allylic oxidation sites excluding steroid dienone is 32. The third-order valence-electron chi connectivity index (χ3n) is 12.3. The number of carboxylic acid groups (broad SMARTS) is 1. The molecular formula is C74H113NO8. The average Bonchev–Trinajstić information content (AvgIpc) is 3.46. The van der Waals surface area contributed by atoms with E-state index in [0.717, 1.165) is 154 Å². The Balaban J connectivity index is 4.40. The standard InChI is InChI=1S/C74H113NO8/c1-6-8-10-12-14-16-18-20-22-24-26-28-30-32-33-34-35-36-37-38-39-41-43-45-47-49-51-53-55-57-59-61-63-65-72(77)83-70(69-82-74(73(78)79)80-67-66-75(3,4)5)68-81-71(76)64-62-60-58-56-54-52-50-48-46-44-42-40-31-29-27-25-23-21-19-17-15-13-11-9-7-2/h8-11,14-17,20-23,26-29,32-33,35-36,38-40,42-43,45-46,48-49,51,55,57,70,74H,6-7,12-13,18-19,24-25,30-31,34,37,41,44,47,50,52-54,56,58-69H2,1-5H3/b10-8-,11-9-,16-14-,17-15-,22-20-,23-21-,28-26-,29-27-,33-32-,36-35-,39-38-,42-40-,45-43-,48-46-,51-49-,57-55-. The van der Waals surface area contributed by atoms with Gasteiger partial charge in [-0.05, 0) is 141 Å². The van der Waals surface area contributed by atoms with Crippen molar-refractivity contribution in [1.29, 1.82) is 0 Å². The van der Waals surface area contributed by atoms with Crippen LogP contribution in [0.2, 0.25) is 0 Å². The highest BCUT2D eigenvalue weighted by Crippen LogP contribution is 2.12. The van der Waals surface area contributed by atoms with Crippen LogP contribution >= 0.6 is 0 Å². The second kappa shape index (κ2) is 62.2. The molecule has 0 aromatic heterocycles. The summed E-state index contributed by atoms with van der Waals surface area (Å²) in [4.78, 5) is 37.4. The molecule has 0 aliphatic rings. The Kier molecular flexibility index (Phi) is 57.8. The highest BCUT2D eigenvalue weighted by Gasteiger charge is 2.22. The van der Waals surface area contributed by atoms with Gasteiger partial charge in [0.2, 0.25) is 0 Å². The van der Waals surface area contributed by atoms with Crippen molar-refractivity contribution in [1.82, 2.24) is 0 Å². The zero-order valence-corrected chi connectivity index (χ0v) is 52.5. The van der Waals surface area contributed by atoms with Crippen LogP contribution in [-0.4, -0.2) is 82.3 Å². The van der Waals surface area contributed by atoms with E-state index in [1.165, 1.54) is 0 Å². The number of rotatable bonds is 55. The first kappa shape index (κ1) is 77.1. The van der Waals surface area contributed by atoms with Gasteiger partial charge in [-0.15, -0.1) is 0 Å². The molecule has 462 valence electrons. The first-order chi connectivity index (χ1) is 40.6. The third kappa shape index (κ3) is 63.6. The fraction of sp³-hybridized carbons (Fsp3) is 0.527. The van der Waals surface area contributed by atoms with Crippen LogP contribution in [0.1, 0.15) is 194 Å². The summed E-state index contributed by atoms with van der Waals surface area (Å²) in [6.07, 6.45) is 93.4. The van der Waals surface area contributed by atoms with E-state index < -0.39 is 30.3 Å². The highest BCUT2D eigenvalue weighted by atomic mass is 16.7. The summed E-state index contributed by atoms with van der Waals surface area (Å²) < 4.78 is 22.6. The second-order valence-corrected chi connectivity index (χ2v) is 21.2. The molecule has 0 aliphatic heterocycles. The number of hydrogen-bond acceptors (Lipinski definition) is 8. The smallest absolute Gasteiger partial charge is 0.306 e. The van der Waals surface area contributed by atoms with Crippen molar-refractivity contribution in [2.45, 2.75) is 206 Å². The van der Waals surface area contributed by atoms with Gasteiger partial charge in [0, 0.05) is 12.8 Å². The van der Waals surface area contributed by atoms with Crippen molar-refractivity contribution in [3.63, 3.8) is 0 Å². The maximum Gasteiger partial charge on any atom is 0.306 e. The Labute approximate surface area is 506 Å². The number of carboxylic acids is 1. The first-order valence-electron chi connectivity index (χ1n) is 31.6. The molecule has 0 spiro atoms. The van der Waals surface area contributed by atoms with Gasteiger partial charge in [-0.2, -0.15) is 0 Å². The minimum absolute atomic E-state index is 0.124. The largest absolute Gasteiger partial charge is 0.545 e. The molecule has 0 amide bonds. The quantitative estimate of drug-likeness (QED) is 0.0195. The van der Waals surface area contributed by atoms with Crippen LogP contribution in [0.15, 0.2) is 194 Å². The molecule has 0 N–H and O–H groups in total. The fourth-order valence-electron chi connectivity index (χ4n) is 7.56. The van der Waals surface area contributed by atoms with Crippen molar-refractivity contribution in [3.05, 3.63) is 194 Å². The van der Waals surface area contributed by atoms with E-state index in [4.69, 9.17) is 18.9 Å². The minimum Gasteiger partial charge on any atom is -0.545 e. The Morgan fingerprint density at radius 1 is 0.361 bits per heavy atom. The van der Waals surface area contributed by atoms with Gasteiger partial charge in [0.1, 0.15) is 13.2 Å². The minimum atomic E-state index is -1.65. The van der Waals surface area contributed by atoms with E-state index in [1.807, 2.05) is 21.1 Å². The second-order valence-electron chi connectivity index (χ2n) is 21.2. The molecule has 2 unspecified atom stereocenters. The lowest BCUT2D eigenvalue weighted by atomic mass is 10.1. The van der Waals surface area contributed by atoms with Crippen LogP contribution in [-0.2, 0) is 33.3 Å². The molecule has 0 aromatic carbocycles. The summed E-state index contributed by atoms with van der Waals surface area (Å²) >= 11 is 0. The third-order valence-corrected chi connectivity index (χ3v) is 12.3. The zero-order chi connectivity index (χ0) is 60.5. The first-order valence-corrected chi connectivity index (χ1v) is 31.6. The van der Waals surface area contributed by atoms with E-state index in [2.05, 4.69) is 208 Å². The summed E-state index contributed by atoms with van der Waals surface area (Å²) in [5, 5.41) is 11.8. The van der Waals surface area contributed by atoms with Gasteiger partial charge in [-0.1, -0.05) is 234 Å². The van der Waals surface area contributed by atoms with Crippen molar-refractivity contribution < 1.29 is 42.9 Å². The molecule has 9 heteroatoms. The van der Waals surface area contributed by atoms with Crippen LogP contribution in [0, 0.1) is 0 Å². The molecular weight excluding hydrogens is 1030 g/mol. The summed E-state index contributed by atoms with van der Waals surface area (Å²) in [7, 11) is 5.88. The zero-order valence-electron chi connectivity index (χ0n) is 52.5. The van der Waals surface area contributed by atoms with Crippen LogP contribution in [0.3, 0.4) is 0 Å². The molecule has 0 aliphatic carbocycles. The van der Waals surface area contributed by atoms with E-state index in [1.54, 1.807) is 0 Å². The molecule has 0 heterocycles. The van der Waals surface area contributed by atoms with Crippen molar-refractivity contribution >= 4 is 17.9 Å². The lowest BCUT2D eigenvalue weighted by Crippen LogP contribution is -2.44. The van der Waals surface area contributed by atoms with E-state index in [-0.39, 0.29) is 32.7 Å². The summed E-state index contributed by atoms with van der Waals surface area (Å²) in [6, 6.07) is 0. The predicted octanol–water partition coefficient (Wildman–Crippen LogP) is 18.1. The van der Waals surface area contributed by atoms with Crippen LogP contribution in [0.5, 0.6) is 0 Å². The molecule has 0 bridgehead atoms. The number of carbonyl (C=O) groups excluding carboxylic acids is 3. The molecule has 0 saturated carbocycles. The van der Waals surface area contributed by atoms with E-state index >= 15 is 0 Å². The number of carbonyl (C=O) groups is 3. The number of esters is 2. The molecule has 0 rings (SSSR count). The van der Waals surface area contributed by atoms with Crippen LogP contribution in [0.25, 0.3) is 0 Å². The highest BCUT2D eigenvalue weighted by molar-refractivity contribution is 5.70. The van der Waals surface area contributed by atoms with Gasteiger partial charge in [0.05, 0.1) is 40.3 Å². The normalized spacial score (nSPS) is 14.1. The molecule has 0 aromatic rings. The molecule has 2 atom stereocenters. The average molecular weight is 1140 g/mol. The number of hydrogen-bond donors (Lipinski definition) is 0. The van der Waals surface area contributed by atoms with Gasteiger partial charge in [-0.3, -0.25) is 9.59 Å². The van der Waals surface area contributed by atoms with Gasteiger partial charge in [0.15, 0.2) is 12.4 Å². The van der Waals surface area contributed by atoms with Crippen LogP contribution in [0.4, 0.5) is 0 Å². The number of aliphatic carboxylic acids is 1. The van der Waals surface area contributed by atoms with Gasteiger partial charge < -0.3 is 33.3 Å². The Bertz CT molecular complexity index is 2060. The topological polar surface area (TPSA) is 111 Å². The number of likely N-dealkylation sites (N-methyl/N-ethyl adjacent to an activating group) is 1. The fourth-order valence-corrected chi connectivity index (χ4v) is 7.56. The predicted molar refractivity (Wildman–Crippen MR) is 351 cm³/mol. The summed E-state index contributed by atoms with van der Waals surface area (Å²) in [5.74, 6) is -2.39.